The minimum atomic E-state index is -1.57. The Balaban J connectivity index is 1.86. The fourth-order valence-electron chi connectivity index (χ4n) is 2.94. The molecule has 0 saturated carbocycles. The van der Waals surface area contributed by atoms with Gasteiger partial charge in [0.1, 0.15) is 48.8 Å². The van der Waals surface area contributed by atoms with Crippen LogP contribution in [-0.4, -0.2) is 135 Å². The van der Waals surface area contributed by atoms with Crippen molar-refractivity contribution in [1.29, 1.82) is 0 Å². The van der Waals surface area contributed by atoms with Gasteiger partial charge >= 0.3 is 0 Å². The molecule has 0 aromatic rings. The van der Waals surface area contributed by atoms with Crippen molar-refractivity contribution < 1.29 is 59.8 Å². The van der Waals surface area contributed by atoms with E-state index >= 15 is 0 Å². The number of aliphatic hydroxyl groups is 8. The van der Waals surface area contributed by atoms with Gasteiger partial charge in [-0.15, -0.1) is 0 Å². The second-order valence-electron chi connectivity index (χ2n) is 6.87. The van der Waals surface area contributed by atoms with Gasteiger partial charge in [0.05, 0.1) is 32.5 Å². The van der Waals surface area contributed by atoms with Crippen molar-refractivity contribution in [3.63, 3.8) is 0 Å². The zero-order valence-corrected chi connectivity index (χ0v) is 17.4. The molecule has 14 heteroatoms. The largest absolute Gasteiger partial charge is 0.394 e. The summed E-state index contributed by atoms with van der Waals surface area (Å²) in [7, 11) is 0. The van der Waals surface area contributed by atoms with Gasteiger partial charge in [0.15, 0.2) is 12.6 Å². The number of hydrogen-bond acceptors (Lipinski definition) is 13. The second kappa shape index (κ2) is 11.7. The molecule has 0 amide bonds. The maximum Gasteiger partial charge on any atom is 0.186 e. The van der Waals surface area contributed by atoms with Gasteiger partial charge in [0, 0.05) is 22.9 Å². The number of ether oxygens (including phenoxy) is 4. The Morgan fingerprint density at radius 2 is 1.07 bits per heavy atom. The molecule has 2 fully saturated rings. The lowest BCUT2D eigenvalue weighted by molar-refractivity contribution is -0.309. The highest BCUT2D eigenvalue weighted by molar-refractivity contribution is 14.1. The van der Waals surface area contributed by atoms with Crippen LogP contribution in [-0.2, 0) is 18.9 Å². The third kappa shape index (κ3) is 6.13. The molecular formula is C15H28INO12. The third-order valence-electron chi connectivity index (χ3n) is 4.77. The van der Waals surface area contributed by atoms with Gasteiger partial charge in [-0.05, 0) is 0 Å². The third-order valence-corrected chi connectivity index (χ3v) is 5.66. The van der Waals surface area contributed by atoms with E-state index in [1.165, 1.54) is 0 Å². The van der Waals surface area contributed by atoms with Crippen molar-refractivity contribution in [3.05, 3.63) is 0 Å². The summed E-state index contributed by atoms with van der Waals surface area (Å²) in [6.07, 6.45) is -14.1. The molecule has 0 bridgehead atoms. The summed E-state index contributed by atoms with van der Waals surface area (Å²) >= 11 is 1.81. The first-order valence-corrected chi connectivity index (χ1v) is 10.0. The highest BCUT2D eigenvalue weighted by Crippen LogP contribution is 2.23. The quantitative estimate of drug-likeness (QED) is 0.0990. The van der Waals surface area contributed by atoms with E-state index in [1.807, 2.05) is 22.9 Å². The predicted molar refractivity (Wildman–Crippen MR) is 100 cm³/mol. The zero-order chi connectivity index (χ0) is 21.7. The molecule has 13 nitrogen and oxygen atoms in total. The van der Waals surface area contributed by atoms with Gasteiger partial charge in [-0.1, -0.05) is 0 Å². The molecule has 172 valence electrons. The first-order valence-electron chi connectivity index (χ1n) is 8.95. The minimum absolute atomic E-state index is 0.108. The molecule has 0 aromatic carbocycles. The Hall–Kier alpha value is 0.210. The van der Waals surface area contributed by atoms with E-state index in [1.54, 1.807) is 0 Å². The van der Waals surface area contributed by atoms with Crippen LogP contribution >= 0.6 is 22.9 Å². The van der Waals surface area contributed by atoms with Crippen LogP contribution in [0.25, 0.3) is 0 Å². The Morgan fingerprint density at radius 3 is 1.38 bits per heavy atom. The van der Waals surface area contributed by atoms with Crippen molar-refractivity contribution in [2.75, 3.05) is 26.4 Å². The molecule has 2 aliphatic rings. The lowest BCUT2D eigenvalue weighted by atomic mass is 9.99. The Morgan fingerprint density at radius 1 is 0.690 bits per heavy atom. The van der Waals surface area contributed by atoms with E-state index in [2.05, 4.69) is 3.53 Å². The Labute approximate surface area is 180 Å². The summed E-state index contributed by atoms with van der Waals surface area (Å²) in [6, 6.07) is -0.532. The predicted octanol–water partition coefficient (Wildman–Crippen LogP) is -5.07. The molecule has 2 saturated heterocycles. The zero-order valence-electron chi connectivity index (χ0n) is 15.3. The maximum atomic E-state index is 9.96. The molecule has 2 rings (SSSR count). The molecule has 2 aliphatic heterocycles. The van der Waals surface area contributed by atoms with Crippen LogP contribution in [0.4, 0.5) is 0 Å². The summed E-state index contributed by atoms with van der Waals surface area (Å²) in [6.45, 7) is -1.38. The normalized spacial score (nSPS) is 44.6. The Kier molecular flexibility index (Phi) is 10.3. The molecular weight excluding hydrogens is 513 g/mol. The van der Waals surface area contributed by atoms with Crippen LogP contribution in [0.3, 0.4) is 0 Å². The highest BCUT2D eigenvalue weighted by Gasteiger charge is 2.45. The molecule has 0 aromatic heterocycles. The van der Waals surface area contributed by atoms with Crippen molar-refractivity contribution in [3.8, 4) is 0 Å². The molecule has 0 spiro atoms. The molecule has 5 unspecified atom stereocenters. The summed E-state index contributed by atoms with van der Waals surface area (Å²) in [4.78, 5) is 0. The summed E-state index contributed by atoms with van der Waals surface area (Å²) in [5.74, 6) is 0. The molecule has 0 aliphatic carbocycles. The molecule has 11 atom stereocenters. The van der Waals surface area contributed by atoms with Crippen molar-refractivity contribution in [1.82, 2.24) is 3.53 Å². The lowest BCUT2D eigenvalue weighted by Crippen LogP contribution is -2.60. The van der Waals surface area contributed by atoms with Gasteiger partial charge < -0.3 is 59.8 Å². The van der Waals surface area contributed by atoms with Gasteiger partial charge in [0.2, 0.25) is 0 Å². The number of rotatable bonds is 9. The maximum absolute atomic E-state index is 9.96. The van der Waals surface area contributed by atoms with Crippen molar-refractivity contribution >= 4 is 22.9 Å². The highest BCUT2D eigenvalue weighted by atomic mass is 127. The van der Waals surface area contributed by atoms with Crippen LogP contribution < -0.4 is 3.53 Å². The van der Waals surface area contributed by atoms with E-state index in [0.29, 0.717) is 0 Å². The second-order valence-corrected chi connectivity index (χ2v) is 7.49. The topological polar surface area (TPSA) is 211 Å². The van der Waals surface area contributed by atoms with Crippen LogP contribution in [0.15, 0.2) is 0 Å². The minimum Gasteiger partial charge on any atom is -0.394 e. The number of aliphatic hydroxyl groups excluding tert-OH is 8. The smallest absolute Gasteiger partial charge is 0.186 e. The first-order chi connectivity index (χ1) is 13.7. The van der Waals surface area contributed by atoms with Crippen LogP contribution in [0.1, 0.15) is 0 Å². The number of nitrogens with one attached hydrogen (secondary N) is 1. The SMILES string of the molecule is OCC1OC(OCC(COC2OC(CO)[C@@H](O)[C@H](O)[C@@H]2O)NI)[C@@H](O)[C@H](O)[C@@H]1O. The first kappa shape index (κ1) is 25.5. The van der Waals surface area contributed by atoms with E-state index < -0.39 is 80.7 Å². The van der Waals surface area contributed by atoms with Gasteiger partial charge in [-0.3, -0.25) is 3.53 Å². The fourth-order valence-corrected chi connectivity index (χ4v) is 3.30. The van der Waals surface area contributed by atoms with Crippen LogP contribution in [0.2, 0.25) is 0 Å². The van der Waals surface area contributed by atoms with E-state index in [4.69, 9.17) is 18.9 Å². The van der Waals surface area contributed by atoms with Gasteiger partial charge in [0.25, 0.3) is 0 Å². The van der Waals surface area contributed by atoms with Crippen LogP contribution in [0.5, 0.6) is 0 Å². The summed E-state index contributed by atoms with van der Waals surface area (Å²) < 4.78 is 24.1. The van der Waals surface area contributed by atoms with Crippen molar-refractivity contribution in [2.45, 2.75) is 67.5 Å². The van der Waals surface area contributed by atoms with Crippen LogP contribution in [0, 0.1) is 0 Å². The number of halogens is 1. The molecule has 2 heterocycles. The lowest BCUT2D eigenvalue weighted by Gasteiger charge is -2.40. The van der Waals surface area contributed by atoms with E-state index in [-0.39, 0.29) is 13.2 Å². The van der Waals surface area contributed by atoms with E-state index in [9.17, 15) is 40.9 Å². The van der Waals surface area contributed by atoms with Crippen molar-refractivity contribution in [2.24, 2.45) is 0 Å². The van der Waals surface area contributed by atoms with Gasteiger partial charge in [-0.25, -0.2) is 0 Å². The summed E-state index contributed by atoms with van der Waals surface area (Å²) in [5, 5.41) is 77.3. The number of hydrogen-bond donors (Lipinski definition) is 9. The Bertz CT molecular complexity index is 448. The average Bonchev–Trinajstić information content (AvgIpc) is 2.73. The average molecular weight is 541 g/mol. The standard InChI is InChI=1S/C15H28INO12/c16-17-5(3-26-14-12(24)10(22)8(20)6(1-18)28-14)4-27-15-13(25)11(23)9(21)7(2-19)29-15/h5-15,17-25H,1-4H2/t5?,6?,7?,8-,9-,10-,11+,12+,13+,14?,15?/m1/s1. The molecule has 9 N–H and O–H groups in total. The van der Waals surface area contributed by atoms with Gasteiger partial charge in [-0.2, -0.15) is 0 Å². The van der Waals surface area contributed by atoms with E-state index in [0.717, 1.165) is 0 Å². The monoisotopic (exact) mass is 541 g/mol. The fraction of sp³-hybridized carbons (Fsp3) is 1.00. The summed E-state index contributed by atoms with van der Waals surface area (Å²) in [5.41, 5.74) is 0. The molecule has 0 radical (unpaired) electrons. The molecule has 29 heavy (non-hydrogen) atoms.